The summed E-state index contributed by atoms with van der Waals surface area (Å²) in [6.45, 7) is 5.24. The van der Waals surface area contributed by atoms with Crippen LogP contribution in [0.25, 0.3) is 10.9 Å². The molecule has 0 unspecified atom stereocenters. The maximum Gasteiger partial charge on any atom is 0.573 e. The Morgan fingerprint density at radius 2 is 1.79 bits per heavy atom. The number of nitrogens with zero attached hydrogens (tertiary/aromatic N) is 1. The number of benzene rings is 2. The van der Waals surface area contributed by atoms with Gasteiger partial charge in [-0.3, -0.25) is 14.2 Å². The zero-order chi connectivity index (χ0) is 24.5. The molecule has 0 aliphatic heterocycles. The Kier molecular flexibility index (Phi) is 6.66. The maximum absolute atomic E-state index is 14.9. The number of carbonyl (C=O) groups excluding carboxylic acids is 2. The van der Waals surface area contributed by atoms with Crippen LogP contribution in [0.15, 0.2) is 36.4 Å². The number of alkyl halides is 3. The summed E-state index contributed by atoms with van der Waals surface area (Å²) in [5.41, 5.74) is 0.641. The quantitative estimate of drug-likeness (QED) is 0.510. The van der Waals surface area contributed by atoms with Crippen molar-refractivity contribution in [3.8, 4) is 11.5 Å². The molecule has 10 heteroatoms. The summed E-state index contributed by atoms with van der Waals surface area (Å²) in [7, 11) is 0. The van der Waals surface area contributed by atoms with Gasteiger partial charge in [-0.05, 0) is 62.2 Å². The molecule has 2 N–H and O–H groups in total. The Morgan fingerprint density at radius 1 is 1.15 bits per heavy atom. The molecule has 176 valence electrons. The van der Waals surface area contributed by atoms with Gasteiger partial charge in [0.15, 0.2) is 11.6 Å². The van der Waals surface area contributed by atoms with Crippen LogP contribution < -0.4 is 10.1 Å². The highest BCUT2D eigenvalue weighted by Gasteiger charge is 2.31. The van der Waals surface area contributed by atoms with Crippen molar-refractivity contribution in [1.82, 2.24) is 9.88 Å². The van der Waals surface area contributed by atoms with E-state index in [-0.39, 0.29) is 46.1 Å². The maximum atomic E-state index is 14.9. The lowest BCUT2D eigenvalue weighted by molar-refractivity contribution is -0.274. The summed E-state index contributed by atoms with van der Waals surface area (Å²) in [6.07, 6.45) is -4.41. The number of hydrogen-bond acceptors (Lipinski definition) is 4. The SMILES string of the molecule is CC[C@H](C)NC(=O)Cc1c(C)n(C(=O)c2ccc(OC(F)(F)F)cc2)c2ccc(O)c(F)c12. The number of aromatic nitrogens is 1. The third kappa shape index (κ3) is 5.10. The Hall–Kier alpha value is -3.56. The van der Waals surface area contributed by atoms with Crippen LogP contribution in [0, 0.1) is 12.7 Å². The van der Waals surface area contributed by atoms with Crippen molar-refractivity contribution in [2.75, 3.05) is 0 Å². The lowest BCUT2D eigenvalue weighted by atomic mass is 10.1. The van der Waals surface area contributed by atoms with Crippen LogP contribution in [-0.4, -0.2) is 33.9 Å². The number of carbonyl (C=O) groups is 2. The van der Waals surface area contributed by atoms with Gasteiger partial charge in [0, 0.05) is 22.7 Å². The van der Waals surface area contributed by atoms with E-state index in [1.165, 1.54) is 17.6 Å². The average Bonchev–Trinajstić information content (AvgIpc) is 3.01. The first-order valence-corrected chi connectivity index (χ1v) is 10.1. The van der Waals surface area contributed by atoms with Crippen LogP contribution in [0.1, 0.15) is 41.9 Å². The third-order valence-electron chi connectivity index (χ3n) is 5.31. The lowest BCUT2D eigenvalue weighted by Gasteiger charge is -2.12. The molecular formula is C23H22F4N2O4. The standard InChI is InChI=1S/C23H22F4N2O4/c1-4-12(2)28-19(31)11-16-13(3)29(17-9-10-18(30)21(24)20(16)17)22(32)14-5-7-15(8-6-14)33-23(25,26)27/h5-10,12,30H,4,11H2,1-3H3,(H,28,31)/t12-/m0/s1. The summed E-state index contributed by atoms with van der Waals surface area (Å²) in [5.74, 6) is -3.12. The Labute approximate surface area is 186 Å². The van der Waals surface area contributed by atoms with Gasteiger partial charge in [0.2, 0.25) is 5.91 Å². The van der Waals surface area contributed by atoms with Crippen molar-refractivity contribution in [2.45, 2.75) is 46.0 Å². The molecule has 0 saturated heterocycles. The first-order chi connectivity index (χ1) is 15.4. The Balaban J connectivity index is 2.06. The minimum Gasteiger partial charge on any atom is -0.505 e. The number of phenolic OH excluding ortho intramolecular Hbond substituents is 1. The van der Waals surface area contributed by atoms with Gasteiger partial charge in [-0.2, -0.15) is 0 Å². The highest BCUT2D eigenvalue weighted by atomic mass is 19.4. The van der Waals surface area contributed by atoms with Crippen LogP contribution in [-0.2, 0) is 11.2 Å². The average molecular weight is 466 g/mol. The molecule has 0 aliphatic rings. The van der Waals surface area contributed by atoms with Crippen LogP contribution in [0.4, 0.5) is 17.6 Å². The highest BCUT2D eigenvalue weighted by Crippen LogP contribution is 2.34. The zero-order valence-electron chi connectivity index (χ0n) is 18.1. The molecule has 3 aromatic rings. The molecule has 1 heterocycles. The number of nitrogens with one attached hydrogen (secondary N) is 1. The molecule has 6 nitrogen and oxygen atoms in total. The van der Waals surface area contributed by atoms with Crippen molar-refractivity contribution in [1.29, 1.82) is 0 Å². The van der Waals surface area contributed by atoms with E-state index in [2.05, 4.69) is 10.1 Å². The Bertz CT molecular complexity index is 1200. The fourth-order valence-corrected chi connectivity index (χ4v) is 3.52. The van der Waals surface area contributed by atoms with Gasteiger partial charge in [-0.1, -0.05) is 6.92 Å². The summed E-state index contributed by atoms with van der Waals surface area (Å²) < 4.78 is 57.0. The first kappa shape index (κ1) is 24.1. The molecule has 3 rings (SSSR count). The van der Waals surface area contributed by atoms with Gasteiger partial charge < -0.3 is 15.2 Å². The second-order valence-electron chi connectivity index (χ2n) is 7.62. The van der Waals surface area contributed by atoms with Crippen LogP contribution in [0.2, 0.25) is 0 Å². The van der Waals surface area contributed by atoms with Crippen molar-refractivity contribution >= 4 is 22.7 Å². The fraction of sp³-hybridized carbons (Fsp3) is 0.304. The monoisotopic (exact) mass is 466 g/mol. The van der Waals surface area contributed by atoms with Crippen LogP contribution in [0.5, 0.6) is 11.5 Å². The minimum absolute atomic E-state index is 0.0219. The third-order valence-corrected chi connectivity index (χ3v) is 5.31. The van der Waals surface area contributed by atoms with Crippen LogP contribution in [0.3, 0.4) is 0 Å². The molecule has 0 spiro atoms. The van der Waals surface area contributed by atoms with Gasteiger partial charge in [-0.25, -0.2) is 4.39 Å². The largest absolute Gasteiger partial charge is 0.573 e. The van der Waals surface area contributed by atoms with E-state index in [9.17, 15) is 32.3 Å². The lowest BCUT2D eigenvalue weighted by Crippen LogP contribution is -2.33. The number of ether oxygens (including phenoxy) is 1. The zero-order valence-corrected chi connectivity index (χ0v) is 18.1. The molecule has 1 atom stereocenters. The number of halogens is 4. The van der Waals surface area contributed by atoms with E-state index in [0.29, 0.717) is 6.42 Å². The molecule has 2 aromatic carbocycles. The molecule has 0 saturated carbocycles. The molecule has 0 bridgehead atoms. The summed E-state index contributed by atoms with van der Waals surface area (Å²) in [5, 5.41) is 12.6. The Morgan fingerprint density at radius 3 is 2.36 bits per heavy atom. The molecule has 0 fully saturated rings. The van der Waals surface area contributed by atoms with E-state index < -0.39 is 29.6 Å². The summed E-state index contributed by atoms with van der Waals surface area (Å²) in [4.78, 5) is 25.7. The number of hydrogen-bond donors (Lipinski definition) is 2. The molecule has 33 heavy (non-hydrogen) atoms. The predicted molar refractivity (Wildman–Crippen MR) is 113 cm³/mol. The van der Waals surface area contributed by atoms with E-state index in [1.54, 1.807) is 0 Å². The van der Waals surface area contributed by atoms with Crippen molar-refractivity contribution in [3.63, 3.8) is 0 Å². The second kappa shape index (κ2) is 9.13. The number of amides is 1. The minimum atomic E-state index is -4.87. The molecular weight excluding hydrogens is 444 g/mol. The van der Waals surface area contributed by atoms with Crippen molar-refractivity contribution in [2.24, 2.45) is 0 Å². The van der Waals surface area contributed by atoms with E-state index in [0.717, 1.165) is 30.3 Å². The topological polar surface area (TPSA) is 80.6 Å². The van der Waals surface area contributed by atoms with E-state index >= 15 is 0 Å². The predicted octanol–water partition coefficient (Wildman–Crippen LogP) is 4.84. The van der Waals surface area contributed by atoms with Gasteiger partial charge in [0.05, 0.1) is 11.9 Å². The molecule has 1 amide bonds. The van der Waals surface area contributed by atoms with E-state index in [1.807, 2.05) is 13.8 Å². The second-order valence-corrected chi connectivity index (χ2v) is 7.62. The molecule has 1 aromatic heterocycles. The summed E-state index contributed by atoms with van der Waals surface area (Å²) >= 11 is 0. The summed E-state index contributed by atoms with van der Waals surface area (Å²) in [6, 6.07) is 6.62. The van der Waals surface area contributed by atoms with Crippen molar-refractivity contribution in [3.05, 3.63) is 59.0 Å². The molecule has 0 aliphatic carbocycles. The van der Waals surface area contributed by atoms with Gasteiger partial charge >= 0.3 is 6.36 Å². The van der Waals surface area contributed by atoms with Crippen molar-refractivity contribution < 1.29 is 37.0 Å². The van der Waals surface area contributed by atoms with Crippen LogP contribution >= 0.6 is 0 Å². The van der Waals surface area contributed by atoms with Gasteiger partial charge in [-0.15, -0.1) is 13.2 Å². The number of aromatic hydroxyl groups is 1. The fourth-order valence-electron chi connectivity index (χ4n) is 3.52. The van der Waals surface area contributed by atoms with Gasteiger partial charge in [0.25, 0.3) is 5.91 Å². The van der Waals surface area contributed by atoms with Gasteiger partial charge in [0.1, 0.15) is 5.75 Å². The van der Waals surface area contributed by atoms with E-state index in [4.69, 9.17) is 0 Å². The number of phenols is 1. The highest BCUT2D eigenvalue weighted by molar-refractivity contribution is 6.05. The smallest absolute Gasteiger partial charge is 0.505 e. The molecule has 0 radical (unpaired) electrons. The number of fused-ring (bicyclic) bond motifs is 1. The first-order valence-electron chi connectivity index (χ1n) is 10.1. The normalized spacial score (nSPS) is 12.6. The number of rotatable bonds is 6.